The van der Waals surface area contributed by atoms with Crippen molar-refractivity contribution in [2.24, 2.45) is 0 Å². The summed E-state index contributed by atoms with van der Waals surface area (Å²) in [5, 5.41) is 3.21. The van der Waals surface area contributed by atoms with Crippen molar-refractivity contribution in [1.82, 2.24) is 21.7 Å². The Balaban J connectivity index is 2.10. The molecule has 0 aromatic carbocycles. The van der Waals surface area contributed by atoms with Crippen LogP contribution in [-0.4, -0.2) is 24.7 Å². The highest BCUT2D eigenvalue weighted by Crippen LogP contribution is 2.08. The van der Waals surface area contributed by atoms with Crippen LogP contribution in [0.2, 0.25) is 0 Å². The predicted octanol–water partition coefficient (Wildman–Crippen LogP) is -2.06. The molecule has 10 heavy (non-hydrogen) atoms. The minimum absolute atomic E-state index is 0.160. The summed E-state index contributed by atoms with van der Waals surface area (Å²) in [6.07, 6.45) is 5.28. The zero-order chi connectivity index (χ0) is 6.97. The van der Waals surface area contributed by atoms with Crippen LogP contribution in [0.1, 0.15) is 0 Å². The molecular weight excluding hydrogens is 128 g/mol. The van der Waals surface area contributed by atoms with Gasteiger partial charge in [0.25, 0.3) is 0 Å². The first-order chi connectivity index (χ1) is 4.92. The van der Waals surface area contributed by atoms with Crippen molar-refractivity contribution >= 4 is 0 Å². The van der Waals surface area contributed by atoms with Crippen molar-refractivity contribution < 1.29 is 0 Å². The van der Waals surface area contributed by atoms with Gasteiger partial charge in [-0.2, -0.15) is 5.53 Å². The normalized spacial score (nSPS) is 44.9. The molecule has 3 unspecified atom stereocenters. The maximum atomic E-state index is 5.28. The van der Waals surface area contributed by atoms with Crippen LogP contribution in [-0.2, 0) is 0 Å². The lowest BCUT2D eigenvalue weighted by molar-refractivity contribution is 0.496. The summed E-state index contributed by atoms with van der Waals surface area (Å²) >= 11 is 0. The van der Waals surface area contributed by atoms with Crippen molar-refractivity contribution in [3.63, 3.8) is 0 Å². The second-order valence-corrected chi connectivity index (χ2v) is 2.60. The number of hydrogen-bond donors (Lipinski definition) is 4. The number of rotatable bonds is 0. The Morgan fingerprint density at radius 1 is 1.40 bits per heavy atom. The van der Waals surface area contributed by atoms with E-state index in [4.69, 9.17) is 6.42 Å². The summed E-state index contributed by atoms with van der Waals surface area (Å²) < 4.78 is 0. The Kier molecular flexibility index (Phi) is 1.36. The van der Waals surface area contributed by atoms with Crippen LogP contribution in [0.4, 0.5) is 0 Å². The molecule has 2 saturated heterocycles. The number of fused-ring (bicyclic) bond motifs is 1. The molecule has 2 heterocycles. The molecule has 4 heteroatoms. The third-order valence-electron chi connectivity index (χ3n) is 2.03. The molecule has 0 aliphatic carbocycles. The van der Waals surface area contributed by atoms with Gasteiger partial charge in [-0.15, -0.1) is 6.42 Å². The predicted molar refractivity (Wildman–Crippen MR) is 37.6 cm³/mol. The largest absolute Gasteiger partial charge is 0.301 e. The minimum atomic E-state index is 0.160. The molecule has 3 atom stereocenters. The fraction of sp³-hybridized carbons (Fsp3) is 0.667. The molecule has 0 bridgehead atoms. The van der Waals surface area contributed by atoms with E-state index in [1.54, 1.807) is 0 Å². The highest BCUT2D eigenvalue weighted by atomic mass is 15.7. The molecule has 4 N–H and O–H groups in total. The van der Waals surface area contributed by atoms with Crippen molar-refractivity contribution in [2.75, 3.05) is 6.54 Å². The molecule has 2 fully saturated rings. The van der Waals surface area contributed by atoms with Gasteiger partial charge >= 0.3 is 0 Å². The van der Waals surface area contributed by atoms with Crippen molar-refractivity contribution in [3.05, 3.63) is 0 Å². The molecule has 4 nitrogen and oxygen atoms in total. The van der Waals surface area contributed by atoms with Gasteiger partial charge in [-0.25, -0.2) is 10.9 Å². The molecule has 54 valence electrons. The van der Waals surface area contributed by atoms with Crippen molar-refractivity contribution in [2.45, 2.75) is 18.1 Å². The van der Waals surface area contributed by atoms with Gasteiger partial charge in [0.05, 0.1) is 18.1 Å². The zero-order valence-electron chi connectivity index (χ0n) is 5.52. The van der Waals surface area contributed by atoms with E-state index in [9.17, 15) is 0 Å². The van der Waals surface area contributed by atoms with Gasteiger partial charge in [0.1, 0.15) is 0 Å². The van der Waals surface area contributed by atoms with Crippen LogP contribution in [0.15, 0.2) is 0 Å². The van der Waals surface area contributed by atoms with Crippen LogP contribution in [0, 0.1) is 12.3 Å². The second-order valence-electron chi connectivity index (χ2n) is 2.60. The quantitative estimate of drug-likeness (QED) is 0.291. The third-order valence-corrected chi connectivity index (χ3v) is 2.03. The smallest absolute Gasteiger partial charge is 0.0873 e. The van der Waals surface area contributed by atoms with Crippen LogP contribution >= 0.6 is 0 Å². The highest BCUT2D eigenvalue weighted by Gasteiger charge is 2.37. The van der Waals surface area contributed by atoms with E-state index in [0.29, 0.717) is 12.1 Å². The monoisotopic (exact) mass is 138 g/mol. The van der Waals surface area contributed by atoms with Gasteiger partial charge in [-0.3, -0.25) is 0 Å². The molecule has 0 aromatic heterocycles. The van der Waals surface area contributed by atoms with Gasteiger partial charge in [0.15, 0.2) is 0 Å². The summed E-state index contributed by atoms with van der Waals surface area (Å²) in [5.41, 5.74) is 8.97. The minimum Gasteiger partial charge on any atom is -0.301 e. The summed E-state index contributed by atoms with van der Waals surface area (Å²) in [6, 6.07) is 0.929. The van der Waals surface area contributed by atoms with Gasteiger partial charge in [0, 0.05) is 6.54 Å². The first-order valence-electron chi connectivity index (χ1n) is 3.37. The molecule has 2 aliphatic rings. The lowest BCUT2D eigenvalue weighted by Gasteiger charge is -2.09. The topological polar surface area (TPSA) is 48.1 Å². The first-order valence-corrected chi connectivity index (χ1v) is 3.37. The molecule has 0 spiro atoms. The van der Waals surface area contributed by atoms with Crippen molar-refractivity contribution in [1.29, 1.82) is 0 Å². The van der Waals surface area contributed by atoms with Gasteiger partial charge in [0.2, 0.25) is 0 Å². The molecule has 0 amide bonds. The van der Waals surface area contributed by atoms with E-state index >= 15 is 0 Å². The lowest BCUT2D eigenvalue weighted by atomic mass is 10.1. The van der Waals surface area contributed by atoms with Crippen LogP contribution in [0.3, 0.4) is 0 Å². The van der Waals surface area contributed by atoms with E-state index < -0.39 is 0 Å². The summed E-state index contributed by atoms with van der Waals surface area (Å²) in [7, 11) is 0. The maximum Gasteiger partial charge on any atom is 0.0873 e. The molecule has 2 aliphatic heterocycles. The van der Waals surface area contributed by atoms with E-state index in [1.165, 1.54) is 0 Å². The van der Waals surface area contributed by atoms with Crippen LogP contribution < -0.4 is 21.7 Å². The summed E-state index contributed by atoms with van der Waals surface area (Å²) in [6.45, 7) is 0.930. The van der Waals surface area contributed by atoms with E-state index in [-0.39, 0.29) is 6.04 Å². The Morgan fingerprint density at radius 2 is 2.30 bits per heavy atom. The molecular formula is C6H10N4. The number of terminal acetylenes is 1. The van der Waals surface area contributed by atoms with Crippen molar-refractivity contribution in [3.8, 4) is 12.3 Å². The fourth-order valence-electron chi connectivity index (χ4n) is 1.45. The molecule has 0 radical (unpaired) electrons. The maximum absolute atomic E-state index is 5.28. The molecule has 0 saturated carbocycles. The number of hydrazine groups is 2. The van der Waals surface area contributed by atoms with Crippen LogP contribution in [0.25, 0.3) is 0 Å². The summed E-state index contributed by atoms with van der Waals surface area (Å²) in [5.74, 6) is 2.68. The Hall–Kier alpha value is -0.600. The first kappa shape index (κ1) is 6.13. The van der Waals surface area contributed by atoms with Gasteiger partial charge in [-0.05, 0) is 0 Å². The lowest BCUT2D eigenvalue weighted by Crippen LogP contribution is -2.42. The highest BCUT2D eigenvalue weighted by molar-refractivity contribution is 5.14. The zero-order valence-corrected chi connectivity index (χ0v) is 5.52. The van der Waals surface area contributed by atoms with E-state index in [0.717, 1.165) is 6.54 Å². The average Bonchev–Trinajstić information content (AvgIpc) is 2.44. The standard InChI is InChI=1S/C6H10N4/c1-2-4-6-5(3-7-4)8-10-9-6/h1,4-10H,3H2. The molecule has 2 rings (SSSR count). The number of nitrogens with one attached hydrogen (secondary N) is 4. The third kappa shape index (κ3) is 0.728. The van der Waals surface area contributed by atoms with E-state index in [2.05, 4.69) is 27.6 Å². The Labute approximate surface area is 59.7 Å². The summed E-state index contributed by atoms with van der Waals surface area (Å²) in [4.78, 5) is 0. The fourth-order valence-corrected chi connectivity index (χ4v) is 1.45. The Bertz CT molecular complexity index is 173. The van der Waals surface area contributed by atoms with Gasteiger partial charge < -0.3 is 5.32 Å². The van der Waals surface area contributed by atoms with E-state index in [1.807, 2.05) is 0 Å². The average molecular weight is 138 g/mol. The van der Waals surface area contributed by atoms with Crippen LogP contribution in [0.5, 0.6) is 0 Å². The Morgan fingerprint density at radius 3 is 3.10 bits per heavy atom. The number of hydrogen-bond acceptors (Lipinski definition) is 4. The second kappa shape index (κ2) is 2.22. The SMILES string of the molecule is C#CC1NCC2NNNC12. The van der Waals surface area contributed by atoms with Gasteiger partial charge in [-0.1, -0.05) is 5.92 Å². The molecule has 0 aromatic rings.